The lowest BCUT2D eigenvalue weighted by atomic mass is 9.70. The van der Waals surface area contributed by atoms with Crippen molar-refractivity contribution in [3.8, 4) is 6.07 Å². The number of carbonyl (C=O) groups excluding carboxylic acids is 5. The molecular weight excluding hydrogens is 793 g/mol. The minimum absolute atomic E-state index is 0.0379. The van der Waals surface area contributed by atoms with Crippen molar-refractivity contribution in [2.75, 3.05) is 56.0 Å². The summed E-state index contributed by atoms with van der Waals surface area (Å²) in [6.07, 6.45) is 10.9. The van der Waals surface area contributed by atoms with E-state index < -0.39 is 11.9 Å². The maximum Gasteiger partial charge on any atom is 0.255 e. The number of rotatable bonds is 12. The molecule has 4 amide bonds. The molecule has 3 saturated heterocycles. The quantitative estimate of drug-likeness (QED) is 0.142. The van der Waals surface area contributed by atoms with Gasteiger partial charge in [-0.2, -0.15) is 5.26 Å². The van der Waals surface area contributed by atoms with Crippen LogP contribution in [0, 0.1) is 11.3 Å². The van der Waals surface area contributed by atoms with Gasteiger partial charge in [0, 0.05) is 129 Å². The zero-order chi connectivity index (χ0) is 44.0. The van der Waals surface area contributed by atoms with Gasteiger partial charge in [-0.15, -0.1) is 0 Å². The summed E-state index contributed by atoms with van der Waals surface area (Å²) in [6, 6.07) is 12.5. The number of piperidine rings is 2. The van der Waals surface area contributed by atoms with E-state index in [2.05, 4.69) is 69.3 Å². The number of benzene rings is 2. The number of hydrogen-bond donors (Lipinski definition) is 3. The molecule has 63 heavy (non-hydrogen) atoms. The van der Waals surface area contributed by atoms with Crippen molar-refractivity contribution in [2.45, 2.75) is 122 Å². The predicted octanol–water partition coefficient (Wildman–Crippen LogP) is 6.24. The summed E-state index contributed by atoms with van der Waals surface area (Å²) in [7, 11) is 0. The number of Topliss-reactive ketones (excluding diaryl/α,β-unsaturated/α-hetero) is 1. The van der Waals surface area contributed by atoms with E-state index >= 15 is 0 Å². The molecule has 3 fully saturated rings. The number of aromatic amines is 1. The number of imide groups is 1. The van der Waals surface area contributed by atoms with Crippen molar-refractivity contribution in [2.24, 2.45) is 0 Å². The van der Waals surface area contributed by atoms with E-state index in [0.29, 0.717) is 36.6 Å². The van der Waals surface area contributed by atoms with Crippen molar-refractivity contribution in [1.29, 1.82) is 5.26 Å². The Bertz CT molecular complexity index is 2430. The Kier molecular flexibility index (Phi) is 11.8. The Morgan fingerprint density at radius 2 is 1.71 bits per heavy atom. The average molecular weight is 853 g/mol. The summed E-state index contributed by atoms with van der Waals surface area (Å²) < 4.78 is 0. The lowest BCUT2D eigenvalue weighted by Gasteiger charge is -2.44. The highest BCUT2D eigenvalue weighted by molar-refractivity contribution is 6.07. The van der Waals surface area contributed by atoms with Gasteiger partial charge in [-0.3, -0.25) is 34.2 Å². The summed E-state index contributed by atoms with van der Waals surface area (Å²) in [4.78, 5) is 76.1. The average Bonchev–Trinajstić information content (AvgIpc) is 3.84. The van der Waals surface area contributed by atoms with Gasteiger partial charge in [0.2, 0.25) is 17.7 Å². The molecule has 13 nitrogen and oxygen atoms in total. The zero-order valence-corrected chi connectivity index (χ0v) is 37.0. The number of unbranched alkanes of at least 4 members (excludes halogenated alkanes) is 3. The number of amides is 4. The fourth-order valence-electron chi connectivity index (χ4n) is 11.3. The minimum atomic E-state index is -0.625. The monoisotopic (exact) mass is 852 g/mol. The third-order valence-corrected chi connectivity index (χ3v) is 14.8. The van der Waals surface area contributed by atoms with Gasteiger partial charge in [0.1, 0.15) is 6.04 Å². The smallest absolute Gasteiger partial charge is 0.255 e. The molecule has 3 N–H and O–H groups in total. The highest BCUT2D eigenvalue weighted by Crippen LogP contribution is 2.47. The van der Waals surface area contributed by atoms with Gasteiger partial charge in [0.25, 0.3) is 5.91 Å². The first-order chi connectivity index (χ1) is 30.4. The molecule has 3 aromatic rings. The van der Waals surface area contributed by atoms with Crippen LogP contribution in [0.15, 0.2) is 35.9 Å². The minimum Gasteiger partial charge on any atom is -0.385 e. The molecule has 13 heteroatoms. The zero-order valence-electron chi connectivity index (χ0n) is 37.0. The van der Waals surface area contributed by atoms with Crippen LogP contribution in [0.4, 0.5) is 11.4 Å². The molecule has 0 spiro atoms. The first kappa shape index (κ1) is 42.6. The molecule has 330 valence electrons. The van der Waals surface area contributed by atoms with Crippen LogP contribution < -0.4 is 15.5 Å². The number of hydrogen-bond acceptors (Lipinski definition) is 9. The molecule has 2 aromatic carbocycles. The number of fused-ring (bicyclic) bond motifs is 5. The normalized spacial score (nSPS) is 21.0. The summed E-state index contributed by atoms with van der Waals surface area (Å²) in [6.45, 7) is 13.3. The lowest BCUT2D eigenvalue weighted by molar-refractivity contribution is -0.137. The second-order valence-corrected chi connectivity index (χ2v) is 18.9. The number of aromatic nitrogens is 1. The largest absolute Gasteiger partial charge is 0.385 e. The van der Waals surface area contributed by atoms with Crippen LogP contribution in [-0.4, -0.2) is 107 Å². The van der Waals surface area contributed by atoms with Crippen molar-refractivity contribution in [3.63, 3.8) is 0 Å². The van der Waals surface area contributed by atoms with E-state index in [1.54, 1.807) is 11.0 Å². The van der Waals surface area contributed by atoms with E-state index in [4.69, 9.17) is 0 Å². The Morgan fingerprint density at radius 1 is 0.937 bits per heavy atom. The number of carbonyl (C=O) groups is 5. The number of H-pyrrole nitrogens is 1. The van der Waals surface area contributed by atoms with Crippen LogP contribution in [0.2, 0.25) is 0 Å². The lowest BCUT2D eigenvalue weighted by Crippen LogP contribution is -2.54. The van der Waals surface area contributed by atoms with Crippen molar-refractivity contribution < 1.29 is 24.0 Å². The number of piperazine rings is 1. The topological polar surface area (TPSA) is 162 Å². The second kappa shape index (κ2) is 17.4. The van der Waals surface area contributed by atoms with Gasteiger partial charge in [-0.05, 0) is 85.1 Å². The number of nitriles is 1. The number of nitrogens with zero attached hydrogens (tertiary/aromatic N) is 5. The molecule has 1 unspecified atom stereocenters. The molecule has 5 heterocycles. The molecule has 1 atom stereocenters. The van der Waals surface area contributed by atoms with Crippen LogP contribution in [0.5, 0.6) is 0 Å². The Labute approximate surface area is 370 Å². The van der Waals surface area contributed by atoms with Gasteiger partial charge in [0.05, 0.1) is 11.8 Å². The van der Waals surface area contributed by atoms with Crippen LogP contribution >= 0.6 is 0 Å². The summed E-state index contributed by atoms with van der Waals surface area (Å²) in [5.41, 5.74) is 11.7. The highest BCUT2D eigenvalue weighted by atomic mass is 16.2. The van der Waals surface area contributed by atoms with Gasteiger partial charge >= 0.3 is 0 Å². The second-order valence-electron chi connectivity index (χ2n) is 18.9. The van der Waals surface area contributed by atoms with E-state index in [0.717, 1.165) is 131 Å². The van der Waals surface area contributed by atoms with Gasteiger partial charge in [0.15, 0.2) is 5.78 Å². The first-order valence-electron chi connectivity index (χ1n) is 23.3. The molecule has 9 rings (SSSR count). The highest BCUT2D eigenvalue weighted by Gasteiger charge is 2.41. The summed E-state index contributed by atoms with van der Waals surface area (Å²) in [5, 5.41) is 15.4. The van der Waals surface area contributed by atoms with Gasteiger partial charge < -0.3 is 25.0 Å². The fraction of sp³-hybridized carbons (Fsp3) is 0.520. The van der Waals surface area contributed by atoms with E-state index in [-0.39, 0.29) is 41.8 Å². The summed E-state index contributed by atoms with van der Waals surface area (Å²) in [5.74, 6) is -0.558. The number of nitrogens with one attached hydrogen (secondary N) is 3. The van der Waals surface area contributed by atoms with Crippen LogP contribution in [-0.2, 0) is 39.2 Å². The first-order valence-corrected chi connectivity index (χ1v) is 23.3. The molecule has 0 saturated carbocycles. The van der Waals surface area contributed by atoms with Crippen molar-refractivity contribution in [1.82, 2.24) is 25.0 Å². The van der Waals surface area contributed by atoms with Crippen LogP contribution in [0.1, 0.15) is 145 Å². The molecule has 1 aromatic heterocycles. The van der Waals surface area contributed by atoms with Crippen molar-refractivity contribution >= 4 is 46.9 Å². The van der Waals surface area contributed by atoms with Crippen LogP contribution in [0.25, 0.3) is 6.08 Å². The number of aryl methyl sites for hydroxylation is 1. The number of anilines is 2. The molecule has 0 bridgehead atoms. The molecule has 0 radical (unpaired) electrons. The number of allylic oxidation sites excluding steroid dienone is 1. The fourth-order valence-corrected chi connectivity index (χ4v) is 11.3. The van der Waals surface area contributed by atoms with Gasteiger partial charge in [-0.25, -0.2) is 0 Å². The maximum atomic E-state index is 13.2. The van der Waals surface area contributed by atoms with E-state index in [1.165, 1.54) is 22.4 Å². The standard InChI is InChI=1S/C50H60N8O5/c1-4-32-26-33-27-36-46-40(24-31(29-51)25-43(46)59)53-47(36)50(2,3)38(33)28-42(32)56-18-15-34(16-19-56)55-20-22-57(23-21-55)45(61)12-7-5-6-8-17-52-39-11-9-10-35-37(39)30-58(49(35)63)41-13-14-44(60)54-48(41)62/h9-11,24,26,28,34,41,52-53H,4-8,12-23,25,27,30H2,1-3H3,(H,54,60,62). The van der Waals surface area contributed by atoms with E-state index in [9.17, 15) is 29.2 Å². The van der Waals surface area contributed by atoms with Gasteiger partial charge in [-0.1, -0.05) is 45.7 Å². The molecular formula is C50H60N8O5. The number of ketones is 1. The Balaban J connectivity index is 0.704. The molecule has 4 aliphatic heterocycles. The Morgan fingerprint density at radius 3 is 2.46 bits per heavy atom. The SMILES string of the molecule is CCc1cc2c(cc1N1CCC(N3CCN(C(=O)CCCCCCNc4cccc5c4CN(C4CCC(=O)NC4=O)C5=O)CC3)CC1)C(C)(C)c1[nH]c3c(c1C2)C(=O)CC(C#N)=C3. The van der Waals surface area contributed by atoms with Crippen molar-refractivity contribution in [3.05, 3.63) is 86.2 Å². The predicted molar refractivity (Wildman–Crippen MR) is 242 cm³/mol. The molecule has 6 aliphatic rings. The molecule has 2 aliphatic carbocycles. The maximum absolute atomic E-state index is 13.2. The third-order valence-electron chi connectivity index (χ3n) is 14.8. The summed E-state index contributed by atoms with van der Waals surface area (Å²) >= 11 is 0. The van der Waals surface area contributed by atoms with Crippen LogP contribution in [0.3, 0.4) is 0 Å². The Hall–Kier alpha value is -5.74. The third kappa shape index (κ3) is 8.07. The van der Waals surface area contributed by atoms with E-state index in [1.807, 2.05) is 18.2 Å².